The quantitative estimate of drug-likeness (QED) is 0.597. The Balaban J connectivity index is 2.30. The summed E-state index contributed by atoms with van der Waals surface area (Å²) in [6.45, 7) is 1.94. The Labute approximate surface area is 132 Å². The van der Waals surface area contributed by atoms with E-state index < -0.39 is 4.92 Å². The molecule has 0 aliphatic heterocycles. The third kappa shape index (κ3) is 3.34. The number of hydrogen-bond acceptors (Lipinski definition) is 4. The summed E-state index contributed by atoms with van der Waals surface area (Å²) in [6, 6.07) is 7.72. The lowest BCUT2D eigenvalue weighted by Gasteiger charge is -2.16. The molecule has 0 aliphatic carbocycles. The molecular weight excluding hydrogens is 390 g/mol. The molecule has 7 heteroatoms. The van der Waals surface area contributed by atoms with Crippen molar-refractivity contribution in [2.45, 2.75) is 13.0 Å². The smallest absolute Gasteiger partial charge is 0.311 e. The van der Waals surface area contributed by atoms with Crippen molar-refractivity contribution in [3.63, 3.8) is 0 Å². The zero-order valence-electron chi connectivity index (χ0n) is 10.5. The van der Waals surface area contributed by atoms with E-state index in [1.165, 1.54) is 12.4 Å². The monoisotopic (exact) mass is 399 g/mol. The Morgan fingerprint density at radius 2 is 1.90 bits per heavy atom. The first-order chi connectivity index (χ1) is 9.49. The van der Waals surface area contributed by atoms with E-state index >= 15 is 0 Å². The van der Waals surface area contributed by atoms with Crippen LogP contribution in [0, 0.1) is 10.1 Å². The minimum Gasteiger partial charge on any atom is -0.372 e. The topological polar surface area (TPSA) is 68.1 Å². The first-order valence-corrected chi connectivity index (χ1v) is 7.37. The Morgan fingerprint density at radius 1 is 1.25 bits per heavy atom. The highest BCUT2D eigenvalue weighted by Gasteiger charge is 2.19. The summed E-state index contributed by atoms with van der Waals surface area (Å²) in [6.07, 6.45) is 2.77. The van der Waals surface area contributed by atoms with E-state index in [2.05, 4.69) is 42.2 Å². The summed E-state index contributed by atoms with van der Waals surface area (Å²) in [4.78, 5) is 14.4. The second-order valence-electron chi connectivity index (χ2n) is 4.19. The van der Waals surface area contributed by atoms with Gasteiger partial charge in [-0.2, -0.15) is 0 Å². The molecular formula is C13H11Br2N3O2. The van der Waals surface area contributed by atoms with Crippen LogP contribution in [-0.2, 0) is 0 Å². The molecule has 0 fully saturated rings. The molecule has 1 heterocycles. The average molecular weight is 401 g/mol. The molecule has 0 saturated heterocycles. The van der Waals surface area contributed by atoms with Crippen LogP contribution in [0.25, 0.3) is 0 Å². The molecule has 1 aromatic heterocycles. The van der Waals surface area contributed by atoms with Crippen LogP contribution in [0.1, 0.15) is 18.5 Å². The van der Waals surface area contributed by atoms with Gasteiger partial charge in [0.15, 0.2) is 0 Å². The summed E-state index contributed by atoms with van der Waals surface area (Å²) >= 11 is 6.67. The van der Waals surface area contributed by atoms with Crippen molar-refractivity contribution in [2.24, 2.45) is 0 Å². The van der Waals surface area contributed by atoms with E-state index in [0.29, 0.717) is 10.2 Å². The molecule has 0 radical (unpaired) electrons. The first kappa shape index (κ1) is 14.9. The normalized spacial score (nSPS) is 11.9. The first-order valence-electron chi connectivity index (χ1n) is 5.79. The minimum absolute atomic E-state index is 0.0525. The molecule has 20 heavy (non-hydrogen) atoms. The Kier molecular flexibility index (Phi) is 4.72. The lowest BCUT2D eigenvalue weighted by atomic mass is 10.1. The molecule has 2 aromatic rings. The van der Waals surface area contributed by atoms with Gasteiger partial charge in [-0.15, -0.1) is 0 Å². The number of aromatic nitrogens is 1. The molecule has 1 aromatic carbocycles. The third-order valence-corrected chi connectivity index (χ3v) is 3.94. The summed E-state index contributed by atoms with van der Waals surface area (Å²) in [5.41, 5.74) is 1.41. The van der Waals surface area contributed by atoms with E-state index in [1.54, 1.807) is 0 Å². The predicted octanol–water partition coefficient (Wildman–Crippen LogP) is 4.69. The predicted molar refractivity (Wildman–Crippen MR) is 84.8 cm³/mol. The van der Waals surface area contributed by atoms with Crippen molar-refractivity contribution in [3.8, 4) is 0 Å². The molecule has 1 unspecified atom stereocenters. The molecule has 0 bridgehead atoms. The number of halogens is 2. The molecule has 0 saturated carbocycles. The third-order valence-electron chi connectivity index (χ3n) is 2.81. The fourth-order valence-electron chi connectivity index (χ4n) is 1.76. The van der Waals surface area contributed by atoms with Gasteiger partial charge in [-0.1, -0.05) is 28.1 Å². The zero-order chi connectivity index (χ0) is 14.7. The fourth-order valence-corrected chi connectivity index (χ4v) is 2.46. The number of nitrogens with one attached hydrogen (secondary N) is 1. The van der Waals surface area contributed by atoms with Crippen molar-refractivity contribution in [1.29, 1.82) is 0 Å². The van der Waals surface area contributed by atoms with Crippen LogP contribution in [0.5, 0.6) is 0 Å². The molecule has 0 amide bonds. The van der Waals surface area contributed by atoms with Crippen LogP contribution in [0.4, 0.5) is 11.4 Å². The van der Waals surface area contributed by atoms with Crippen molar-refractivity contribution in [2.75, 3.05) is 5.32 Å². The summed E-state index contributed by atoms with van der Waals surface area (Å²) < 4.78 is 1.56. The summed E-state index contributed by atoms with van der Waals surface area (Å²) in [5, 5.41) is 14.2. The molecule has 0 spiro atoms. The van der Waals surface area contributed by atoms with Gasteiger partial charge in [0.05, 0.1) is 9.40 Å². The van der Waals surface area contributed by atoms with Crippen LogP contribution in [-0.4, -0.2) is 9.91 Å². The van der Waals surface area contributed by atoms with Gasteiger partial charge in [0.25, 0.3) is 0 Å². The van der Waals surface area contributed by atoms with Crippen molar-refractivity contribution in [1.82, 2.24) is 4.98 Å². The average Bonchev–Trinajstić information content (AvgIpc) is 2.41. The number of anilines is 1. The lowest BCUT2D eigenvalue weighted by Crippen LogP contribution is -2.09. The number of nitrogens with zero attached hydrogens (tertiary/aromatic N) is 2. The van der Waals surface area contributed by atoms with Crippen LogP contribution in [0.3, 0.4) is 0 Å². The van der Waals surface area contributed by atoms with Gasteiger partial charge in [-0.05, 0) is 40.5 Å². The van der Waals surface area contributed by atoms with Crippen molar-refractivity contribution >= 4 is 43.2 Å². The Hall–Kier alpha value is -1.47. The maximum Gasteiger partial charge on any atom is 0.311 e. The number of pyridine rings is 1. The van der Waals surface area contributed by atoms with Crippen molar-refractivity contribution < 1.29 is 4.92 Å². The molecule has 5 nitrogen and oxygen atoms in total. The maximum atomic E-state index is 11.0. The highest BCUT2D eigenvalue weighted by molar-refractivity contribution is 9.10. The number of benzene rings is 1. The zero-order valence-corrected chi connectivity index (χ0v) is 13.7. The number of rotatable bonds is 4. The highest BCUT2D eigenvalue weighted by atomic mass is 79.9. The molecule has 1 atom stereocenters. The van der Waals surface area contributed by atoms with Gasteiger partial charge < -0.3 is 5.32 Å². The molecule has 2 rings (SSSR count). The van der Waals surface area contributed by atoms with Crippen LogP contribution in [0.15, 0.2) is 45.6 Å². The van der Waals surface area contributed by atoms with Gasteiger partial charge in [0, 0.05) is 16.7 Å². The largest absolute Gasteiger partial charge is 0.372 e. The minimum atomic E-state index is -0.450. The lowest BCUT2D eigenvalue weighted by molar-refractivity contribution is -0.384. The van der Waals surface area contributed by atoms with E-state index in [0.717, 1.165) is 10.0 Å². The number of nitro groups is 1. The van der Waals surface area contributed by atoms with E-state index in [4.69, 9.17) is 0 Å². The Bertz CT molecular complexity index is 632. The highest BCUT2D eigenvalue weighted by Crippen LogP contribution is 2.34. The van der Waals surface area contributed by atoms with Gasteiger partial charge in [-0.3, -0.25) is 15.1 Å². The van der Waals surface area contributed by atoms with E-state index in [9.17, 15) is 10.1 Å². The van der Waals surface area contributed by atoms with Gasteiger partial charge >= 0.3 is 5.69 Å². The van der Waals surface area contributed by atoms with Crippen LogP contribution in [0.2, 0.25) is 0 Å². The Morgan fingerprint density at radius 3 is 2.50 bits per heavy atom. The summed E-state index contributed by atoms with van der Waals surface area (Å²) in [7, 11) is 0. The molecule has 104 valence electrons. The second kappa shape index (κ2) is 6.32. The SMILES string of the molecule is CC(Nc1c(Br)cncc1[N+](=O)[O-])c1ccc(Br)cc1. The van der Waals surface area contributed by atoms with Crippen molar-refractivity contribution in [3.05, 3.63) is 61.3 Å². The van der Waals surface area contributed by atoms with Crippen LogP contribution < -0.4 is 5.32 Å². The van der Waals surface area contributed by atoms with Gasteiger partial charge in [-0.25, -0.2) is 0 Å². The number of hydrogen-bond donors (Lipinski definition) is 1. The second-order valence-corrected chi connectivity index (χ2v) is 5.96. The van der Waals surface area contributed by atoms with E-state index in [1.807, 2.05) is 31.2 Å². The maximum absolute atomic E-state index is 11.0. The fraction of sp³-hybridized carbons (Fsp3) is 0.154. The molecule has 1 N–H and O–H groups in total. The van der Waals surface area contributed by atoms with E-state index in [-0.39, 0.29) is 11.7 Å². The van der Waals surface area contributed by atoms with Gasteiger partial charge in [0.1, 0.15) is 11.9 Å². The van der Waals surface area contributed by atoms with Gasteiger partial charge in [0.2, 0.25) is 0 Å². The standard InChI is InChI=1S/C13H11Br2N3O2/c1-8(9-2-4-10(14)5-3-9)17-13-11(15)6-16-7-12(13)18(19)20/h2-8H,1H3,(H,16,17). The summed E-state index contributed by atoms with van der Waals surface area (Å²) in [5.74, 6) is 0. The van der Waals surface area contributed by atoms with Crippen LogP contribution >= 0.6 is 31.9 Å². The molecule has 0 aliphatic rings.